The van der Waals surface area contributed by atoms with Gasteiger partial charge in [0.1, 0.15) is 0 Å². The van der Waals surface area contributed by atoms with Crippen molar-refractivity contribution < 1.29 is 4.79 Å². The zero-order valence-electron chi connectivity index (χ0n) is 15.8. The number of hydrogen-bond donors (Lipinski definition) is 0. The van der Waals surface area contributed by atoms with Crippen LogP contribution in [-0.4, -0.2) is 33.2 Å². The summed E-state index contributed by atoms with van der Waals surface area (Å²) in [6.07, 6.45) is 1.63. The van der Waals surface area contributed by atoms with Gasteiger partial charge < -0.3 is 4.90 Å². The van der Waals surface area contributed by atoms with Crippen LogP contribution in [0.3, 0.4) is 0 Å². The molecule has 0 saturated carbocycles. The third-order valence-corrected chi connectivity index (χ3v) is 6.28. The number of hydrogen-bond acceptors (Lipinski definition) is 4. The van der Waals surface area contributed by atoms with Crippen LogP contribution < -0.4 is 5.56 Å². The summed E-state index contributed by atoms with van der Waals surface area (Å²) in [6, 6.07) is 12.8. The number of halogens is 2. The lowest BCUT2D eigenvalue weighted by atomic mass is 10.2. The highest BCUT2D eigenvalue weighted by Crippen LogP contribution is 2.22. The van der Waals surface area contributed by atoms with E-state index >= 15 is 0 Å². The van der Waals surface area contributed by atoms with Gasteiger partial charge in [-0.3, -0.25) is 14.2 Å². The molecule has 1 aromatic heterocycles. The van der Waals surface area contributed by atoms with Crippen LogP contribution in [0.25, 0.3) is 10.9 Å². The molecule has 0 spiro atoms. The number of rotatable bonds is 7. The maximum atomic E-state index is 12.9. The number of fused-ring (bicyclic) bond motifs is 1. The molecule has 0 saturated heterocycles. The molecule has 0 bridgehead atoms. The topological polar surface area (TPSA) is 55.2 Å². The third kappa shape index (κ3) is 5.10. The number of carbonyl (C=O) groups excluding carboxylic acids is 1. The fourth-order valence-electron chi connectivity index (χ4n) is 2.78. The second kappa shape index (κ2) is 9.61. The highest BCUT2D eigenvalue weighted by molar-refractivity contribution is 9.10. The monoisotopic (exact) mass is 491 g/mol. The number of thioether (sulfide) groups is 1. The SMILES string of the molecule is C=CCn1c(SCC(=O)N(C)Cc2ccccc2Br)nc2ccc(Cl)cc2c1=O. The van der Waals surface area contributed by atoms with Gasteiger partial charge in [0, 0.05) is 29.6 Å². The molecular weight excluding hydrogens is 474 g/mol. The normalized spacial score (nSPS) is 10.9. The van der Waals surface area contributed by atoms with Crippen LogP contribution >= 0.6 is 39.3 Å². The quantitative estimate of drug-likeness (QED) is 0.271. The molecule has 150 valence electrons. The standard InChI is InChI=1S/C21H19BrClN3O2S/c1-3-10-26-20(28)16-11-15(23)8-9-18(16)24-21(26)29-13-19(27)25(2)12-14-6-4-5-7-17(14)22/h3-9,11H,1,10,12-13H2,2H3. The number of carbonyl (C=O) groups is 1. The predicted molar refractivity (Wildman–Crippen MR) is 123 cm³/mol. The van der Waals surface area contributed by atoms with Crippen molar-refractivity contribution in [2.45, 2.75) is 18.2 Å². The van der Waals surface area contributed by atoms with Gasteiger partial charge in [-0.25, -0.2) is 4.98 Å². The van der Waals surface area contributed by atoms with E-state index in [0.29, 0.717) is 34.2 Å². The van der Waals surface area contributed by atoms with Gasteiger partial charge in [0.25, 0.3) is 5.56 Å². The molecule has 0 radical (unpaired) electrons. The van der Waals surface area contributed by atoms with Crippen molar-refractivity contribution in [1.82, 2.24) is 14.5 Å². The molecule has 2 aromatic carbocycles. The second-order valence-electron chi connectivity index (χ2n) is 6.39. The van der Waals surface area contributed by atoms with E-state index in [2.05, 4.69) is 27.5 Å². The summed E-state index contributed by atoms with van der Waals surface area (Å²) in [7, 11) is 1.76. The van der Waals surface area contributed by atoms with Crippen molar-refractivity contribution in [3.8, 4) is 0 Å². The van der Waals surface area contributed by atoms with E-state index in [1.165, 1.54) is 16.3 Å². The minimum absolute atomic E-state index is 0.0543. The van der Waals surface area contributed by atoms with E-state index in [9.17, 15) is 9.59 Å². The molecule has 3 rings (SSSR count). The summed E-state index contributed by atoms with van der Waals surface area (Å²) < 4.78 is 2.47. The Hall–Kier alpha value is -2.09. The van der Waals surface area contributed by atoms with E-state index in [0.717, 1.165) is 10.0 Å². The van der Waals surface area contributed by atoms with Crippen molar-refractivity contribution in [3.63, 3.8) is 0 Å². The first-order valence-corrected chi connectivity index (χ1v) is 11.0. The first kappa shape index (κ1) is 21.6. The first-order chi connectivity index (χ1) is 13.9. The molecule has 0 aliphatic heterocycles. The van der Waals surface area contributed by atoms with Gasteiger partial charge in [0.05, 0.1) is 16.7 Å². The number of amides is 1. The van der Waals surface area contributed by atoms with Crippen molar-refractivity contribution in [2.75, 3.05) is 12.8 Å². The Balaban J connectivity index is 1.80. The molecule has 29 heavy (non-hydrogen) atoms. The van der Waals surface area contributed by atoms with Crippen LogP contribution in [0.2, 0.25) is 5.02 Å². The van der Waals surface area contributed by atoms with Crippen LogP contribution in [0.15, 0.2) is 69.5 Å². The van der Waals surface area contributed by atoms with Crippen molar-refractivity contribution in [1.29, 1.82) is 0 Å². The van der Waals surface area contributed by atoms with Crippen LogP contribution in [0.5, 0.6) is 0 Å². The number of benzene rings is 2. The van der Waals surface area contributed by atoms with Crippen LogP contribution in [0, 0.1) is 0 Å². The summed E-state index contributed by atoms with van der Waals surface area (Å²) in [6.45, 7) is 4.51. The van der Waals surface area contributed by atoms with Gasteiger partial charge in [-0.15, -0.1) is 6.58 Å². The summed E-state index contributed by atoms with van der Waals surface area (Å²) in [5, 5.41) is 1.40. The zero-order valence-corrected chi connectivity index (χ0v) is 18.9. The Labute approximate surface area is 186 Å². The molecule has 8 heteroatoms. The lowest BCUT2D eigenvalue weighted by Crippen LogP contribution is -2.29. The van der Waals surface area contributed by atoms with Crippen LogP contribution in [0.1, 0.15) is 5.56 Å². The van der Waals surface area contributed by atoms with E-state index < -0.39 is 0 Å². The summed E-state index contributed by atoms with van der Waals surface area (Å²) in [5.41, 5.74) is 1.38. The number of nitrogens with zero attached hydrogens (tertiary/aromatic N) is 3. The van der Waals surface area contributed by atoms with E-state index in [1.54, 1.807) is 36.2 Å². The van der Waals surface area contributed by atoms with Gasteiger partial charge in [-0.05, 0) is 29.8 Å². The van der Waals surface area contributed by atoms with E-state index in [4.69, 9.17) is 11.6 Å². The summed E-state index contributed by atoms with van der Waals surface area (Å²) >= 11 is 10.8. The van der Waals surface area contributed by atoms with Crippen molar-refractivity contribution in [3.05, 3.63) is 80.5 Å². The third-order valence-electron chi connectivity index (χ3n) is 4.31. The first-order valence-electron chi connectivity index (χ1n) is 8.82. The molecule has 0 atom stereocenters. The number of allylic oxidation sites excluding steroid dienone is 1. The van der Waals surface area contributed by atoms with Crippen LogP contribution in [0.4, 0.5) is 0 Å². The Morgan fingerprint density at radius 1 is 1.34 bits per heavy atom. The Bertz CT molecular complexity index is 1130. The van der Waals surface area contributed by atoms with Crippen LogP contribution in [-0.2, 0) is 17.9 Å². The zero-order chi connectivity index (χ0) is 21.0. The molecule has 5 nitrogen and oxygen atoms in total. The molecule has 0 aliphatic rings. The molecular formula is C21H19BrClN3O2S. The summed E-state index contributed by atoms with van der Waals surface area (Å²) in [5.74, 6) is 0.116. The van der Waals surface area contributed by atoms with Gasteiger partial charge in [0.2, 0.25) is 5.91 Å². The minimum Gasteiger partial charge on any atom is -0.341 e. The maximum absolute atomic E-state index is 12.9. The van der Waals surface area contributed by atoms with Gasteiger partial charge in [-0.2, -0.15) is 0 Å². The highest BCUT2D eigenvalue weighted by Gasteiger charge is 2.16. The Morgan fingerprint density at radius 3 is 2.83 bits per heavy atom. The molecule has 1 heterocycles. The van der Waals surface area contributed by atoms with Gasteiger partial charge in [0.15, 0.2) is 5.16 Å². The van der Waals surface area contributed by atoms with E-state index in [1.807, 2.05) is 24.3 Å². The molecule has 0 fully saturated rings. The summed E-state index contributed by atoms with van der Waals surface area (Å²) in [4.78, 5) is 31.7. The average molecular weight is 493 g/mol. The maximum Gasteiger partial charge on any atom is 0.262 e. The predicted octanol–water partition coefficient (Wildman–Crippen LogP) is 4.75. The van der Waals surface area contributed by atoms with Gasteiger partial charge >= 0.3 is 0 Å². The minimum atomic E-state index is -0.200. The Morgan fingerprint density at radius 2 is 2.10 bits per heavy atom. The van der Waals surface area contributed by atoms with Crippen molar-refractivity contribution in [2.24, 2.45) is 0 Å². The van der Waals surface area contributed by atoms with Crippen molar-refractivity contribution >= 4 is 56.1 Å². The average Bonchev–Trinajstić information content (AvgIpc) is 2.70. The molecule has 3 aromatic rings. The smallest absolute Gasteiger partial charge is 0.262 e. The molecule has 0 N–H and O–H groups in total. The van der Waals surface area contributed by atoms with Gasteiger partial charge in [-0.1, -0.05) is 63.6 Å². The molecule has 1 amide bonds. The van der Waals surface area contributed by atoms with E-state index in [-0.39, 0.29) is 17.2 Å². The Kier molecular flexibility index (Phi) is 7.16. The lowest BCUT2D eigenvalue weighted by molar-refractivity contribution is -0.127. The largest absolute Gasteiger partial charge is 0.341 e. The fraction of sp³-hybridized carbons (Fsp3) is 0.190. The highest BCUT2D eigenvalue weighted by atomic mass is 79.9. The second-order valence-corrected chi connectivity index (χ2v) is 8.62. The fourth-order valence-corrected chi connectivity index (χ4v) is 4.31. The molecule has 0 unspecified atom stereocenters. The number of aromatic nitrogens is 2. The lowest BCUT2D eigenvalue weighted by Gasteiger charge is -2.18. The molecule has 0 aliphatic carbocycles.